The van der Waals surface area contributed by atoms with E-state index in [1.165, 1.54) is 4.80 Å². The van der Waals surface area contributed by atoms with Crippen molar-refractivity contribution in [2.24, 2.45) is 5.92 Å². The number of tetrazole rings is 1. The summed E-state index contributed by atoms with van der Waals surface area (Å²) >= 11 is 0. The summed E-state index contributed by atoms with van der Waals surface area (Å²) in [5.74, 6) is 1.05. The second-order valence-corrected chi connectivity index (χ2v) is 7.17. The van der Waals surface area contributed by atoms with Gasteiger partial charge in [-0.15, -0.1) is 10.2 Å². The second kappa shape index (κ2) is 7.31. The molecule has 0 radical (unpaired) electrons. The SMILES string of the molecule is CC1CCC(O)(Cn2nnc(CN(C)C(=O)c3ccccc3)n2)CC1. The number of hydrogen-bond acceptors (Lipinski definition) is 5. The molecule has 1 aromatic heterocycles. The minimum atomic E-state index is -0.754. The van der Waals surface area contributed by atoms with Gasteiger partial charge in [0.15, 0.2) is 5.82 Å². The number of carbonyl (C=O) groups excluding carboxylic acids is 1. The molecule has 1 fully saturated rings. The number of hydrogen-bond donors (Lipinski definition) is 1. The van der Waals surface area contributed by atoms with E-state index in [4.69, 9.17) is 0 Å². The molecule has 1 aliphatic carbocycles. The molecule has 0 unspecified atom stereocenters. The standard InChI is InChI=1S/C18H25N5O2/c1-14-8-10-18(25,11-9-14)13-23-20-16(19-21-23)12-22(2)17(24)15-6-4-3-5-7-15/h3-7,14,25H,8-13H2,1-2H3. The maximum atomic E-state index is 12.4. The first-order valence-electron chi connectivity index (χ1n) is 8.75. The molecule has 1 aromatic carbocycles. The van der Waals surface area contributed by atoms with Crippen LogP contribution in [0.5, 0.6) is 0 Å². The van der Waals surface area contributed by atoms with Gasteiger partial charge in [-0.25, -0.2) is 0 Å². The number of aliphatic hydroxyl groups is 1. The van der Waals surface area contributed by atoms with Gasteiger partial charge in [-0.2, -0.15) is 4.80 Å². The van der Waals surface area contributed by atoms with Gasteiger partial charge in [0.2, 0.25) is 0 Å². The zero-order valence-electron chi connectivity index (χ0n) is 14.8. The molecular weight excluding hydrogens is 318 g/mol. The number of aromatic nitrogens is 4. The lowest BCUT2D eigenvalue weighted by Gasteiger charge is -2.34. The smallest absolute Gasteiger partial charge is 0.254 e. The largest absolute Gasteiger partial charge is 0.388 e. The van der Waals surface area contributed by atoms with Crippen LogP contribution in [0.4, 0.5) is 0 Å². The highest BCUT2D eigenvalue weighted by Crippen LogP contribution is 2.32. The minimum Gasteiger partial charge on any atom is -0.388 e. The summed E-state index contributed by atoms with van der Waals surface area (Å²) in [6, 6.07) is 9.11. The molecule has 0 atom stereocenters. The van der Waals surface area contributed by atoms with E-state index in [1.54, 1.807) is 24.1 Å². The van der Waals surface area contributed by atoms with Crippen LogP contribution < -0.4 is 0 Å². The van der Waals surface area contributed by atoms with Crippen LogP contribution >= 0.6 is 0 Å². The first-order valence-corrected chi connectivity index (χ1v) is 8.75. The lowest BCUT2D eigenvalue weighted by molar-refractivity contribution is -0.0279. The van der Waals surface area contributed by atoms with Crippen molar-refractivity contribution in [3.8, 4) is 0 Å². The van der Waals surface area contributed by atoms with Crippen LogP contribution in [-0.4, -0.2) is 48.8 Å². The van der Waals surface area contributed by atoms with E-state index in [2.05, 4.69) is 22.3 Å². The summed E-state index contributed by atoms with van der Waals surface area (Å²) in [5.41, 5.74) is -0.126. The summed E-state index contributed by atoms with van der Waals surface area (Å²) in [5, 5.41) is 23.1. The van der Waals surface area contributed by atoms with Crippen LogP contribution in [0.1, 0.15) is 48.8 Å². The normalized spacial score (nSPS) is 23.4. The average molecular weight is 343 g/mol. The molecule has 1 aliphatic rings. The molecule has 7 heteroatoms. The van der Waals surface area contributed by atoms with Crippen LogP contribution in [0.2, 0.25) is 0 Å². The summed E-state index contributed by atoms with van der Waals surface area (Å²) in [7, 11) is 1.71. The molecule has 25 heavy (non-hydrogen) atoms. The first kappa shape index (κ1) is 17.5. The second-order valence-electron chi connectivity index (χ2n) is 7.17. The van der Waals surface area contributed by atoms with Gasteiger partial charge < -0.3 is 10.0 Å². The quantitative estimate of drug-likeness (QED) is 0.896. The highest BCUT2D eigenvalue weighted by molar-refractivity contribution is 5.93. The predicted molar refractivity (Wildman–Crippen MR) is 92.6 cm³/mol. The van der Waals surface area contributed by atoms with Crippen LogP contribution in [0.25, 0.3) is 0 Å². The molecule has 7 nitrogen and oxygen atoms in total. The molecule has 0 saturated heterocycles. The Hall–Kier alpha value is -2.28. The zero-order valence-corrected chi connectivity index (χ0v) is 14.8. The minimum absolute atomic E-state index is 0.0863. The van der Waals surface area contributed by atoms with E-state index >= 15 is 0 Å². The monoisotopic (exact) mass is 343 g/mol. The molecule has 0 bridgehead atoms. The number of benzene rings is 1. The molecule has 1 N–H and O–H groups in total. The molecule has 2 aromatic rings. The van der Waals surface area contributed by atoms with E-state index in [9.17, 15) is 9.90 Å². The Morgan fingerprint density at radius 1 is 1.32 bits per heavy atom. The summed E-state index contributed by atoms with van der Waals surface area (Å²) in [6.07, 6.45) is 3.56. The van der Waals surface area contributed by atoms with Gasteiger partial charge in [0, 0.05) is 12.6 Å². The van der Waals surface area contributed by atoms with Crippen molar-refractivity contribution in [2.45, 2.75) is 51.3 Å². The number of carbonyl (C=O) groups is 1. The van der Waals surface area contributed by atoms with Crippen LogP contribution in [0.3, 0.4) is 0 Å². The highest BCUT2D eigenvalue weighted by Gasteiger charge is 2.33. The van der Waals surface area contributed by atoms with Crippen molar-refractivity contribution in [3.05, 3.63) is 41.7 Å². The third-order valence-electron chi connectivity index (χ3n) is 4.88. The topological polar surface area (TPSA) is 84.1 Å². The van der Waals surface area contributed by atoms with E-state index in [0.29, 0.717) is 23.9 Å². The lowest BCUT2D eigenvalue weighted by atomic mass is 9.80. The molecular formula is C18H25N5O2. The van der Waals surface area contributed by atoms with Gasteiger partial charge in [0.05, 0.1) is 18.7 Å². The fourth-order valence-electron chi connectivity index (χ4n) is 3.21. The van der Waals surface area contributed by atoms with Crippen molar-refractivity contribution < 1.29 is 9.90 Å². The Bertz CT molecular complexity index is 707. The van der Waals surface area contributed by atoms with Gasteiger partial charge in [-0.3, -0.25) is 4.79 Å². The van der Waals surface area contributed by atoms with Crippen LogP contribution in [-0.2, 0) is 13.1 Å². The van der Waals surface area contributed by atoms with Crippen molar-refractivity contribution >= 4 is 5.91 Å². The Morgan fingerprint density at radius 2 is 2.00 bits per heavy atom. The maximum Gasteiger partial charge on any atom is 0.254 e. The van der Waals surface area contributed by atoms with Gasteiger partial charge >= 0.3 is 0 Å². The molecule has 1 amide bonds. The summed E-state index contributed by atoms with van der Waals surface area (Å²) in [6.45, 7) is 2.84. The Balaban J connectivity index is 1.59. The first-order chi connectivity index (χ1) is 12.0. The lowest BCUT2D eigenvalue weighted by Crippen LogP contribution is -2.38. The zero-order chi connectivity index (χ0) is 17.9. The summed E-state index contributed by atoms with van der Waals surface area (Å²) < 4.78 is 0. The van der Waals surface area contributed by atoms with E-state index in [1.807, 2.05) is 18.2 Å². The Kier molecular flexibility index (Phi) is 5.13. The van der Waals surface area contributed by atoms with Crippen molar-refractivity contribution in [1.29, 1.82) is 0 Å². The fourth-order valence-corrected chi connectivity index (χ4v) is 3.21. The average Bonchev–Trinajstić information content (AvgIpc) is 3.04. The van der Waals surface area contributed by atoms with Gasteiger partial charge in [-0.1, -0.05) is 25.1 Å². The van der Waals surface area contributed by atoms with Crippen molar-refractivity contribution in [3.63, 3.8) is 0 Å². The number of nitrogens with zero attached hydrogens (tertiary/aromatic N) is 5. The third kappa shape index (κ3) is 4.42. The van der Waals surface area contributed by atoms with Gasteiger partial charge in [0.1, 0.15) is 0 Å². The van der Waals surface area contributed by atoms with Crippen molar-refractivity contribution in [2.75, 3.05) is 7.05 Å². The fraction of sp³-hybridized carbons (Fsp3) is 0.556. The van der Waals surface area contributed by atoms with Gasteiger partial charge in [0.25, 0.3) is 5.91 Å². The molecule has 1 heterocycles. The number of rotatable bonds is 5. The maximum absolute atomic E-state index is 12.4. The molecule has 0 spiro atoms. The third-order valence-corrected chi connectivity index (χ3v) is 4.88. The van der Waals surface area contributed by atoms with E-state index in [0.717, 1.165) is 25.7 Å². The summed E-state index contributed by atoms with van der Waals surface area (Å²) in [4.78, 5) is 15.4. The Labute approximate surface area is 147 Å². The van der Waals surface area contributed by atoms with Crippen molar-refractivity contribution in [1.82, 2.24) is 25.1 Å². The van der Waals surface area contributed by atoms with E-state index < -0.39 is 5.60 Å². The molecule has 0 aliphatic heterocycles. The van der Waals surface area contributed by atoms with Crippen LogP contribution in [0, 0.1) is 5.92 Å². The van der Waals surface area contributed by atoms with Gasteiger partial charge in [-0.05, 0) is 48.9 Å². The highest BCUT2D eigenvalue weighted by atomic mass is 16.3. The molecule has 3 rings (SSSR count). The Morgan fingerprint density at radius 3 is 2.68 bits per heavy atom. The van der Waals surface area contributed by atoms with Crippen LogP contribution in [0.15, 0.2) is 30.3 Å². The van der Waals surface area contributed by atoms with E-state index in [-0.39, 0.29) is 12.5 Å². The predicted octanol–water partition coefficient (Wildman–Crippen LogP) is 1.89. The number of amides is 1. The molecule has 134 valence electrons. The molecule has 1 saturated carbocycles.